The standard InChI is InChI=1S/C17H17O2S/c1-18-14-7-4-13-10-16(19-17(13)11-14)12-5-8-15(9-6-12)20(2)3/h4-11H,1-3H3/q+1. The summed E-state index contributed by atoms with van der Waals surface area (Å²) in [6.45, 7) is 0. The fraction of sp³-hybridized carbons (Fsp3) is 0.176. The lowest BCUT2D eigenvalue weighted by Crippen LogP contribution is -1.94. The SMILES string of the molecule is COc1ccc2cc(-c3ccc([S+](C)C)cc3)oc2c1. The van der Waals surface area contributed by atoms with E-state index in [0.717, 1.165) is 28.0 Å². The maximum atomic E-state index is 5.92. The molecule has 0 radical (unpaired) electrons. The van der Waals surface area contributed by atoms with Gasteiger partial charge in [-0.1, -0.05) is 0 Å². The van der Waals surface area contributed by atoms with Crippen molar-refractivity contribution in [3.05, 3.63) is 48.5 Å². The molecule has 0 unspecified atom stereocenters. The molecule has 0 fully saturated rings. The van der Waals surface area contributed by atoms with E-state index in [9.17, 15) is 0 Å². The molecule has 0 saturated carbocycles. The van der Waals surface area contributed by atoms with E-state index in [0.29, 0.717) is 10.9 Å². The topological polar surface area (TPSA) is 22.4 Å². The third-order valence-electron chi connectivity index (χ3n) is 3.34. The molecule has 0 bridgehead atoms. The van der Waals surface area contributed by atoms with Gasteiger partial charge in [0.1, 0.15) is 29.6 Å². The molecular formula is C17H17O2S+. The highest BCUT2D eigenvalue weighted by atomic mass is 32.2. The molecule has 102 valence electrons. The minimum Gasteiger partial charge on any atom is -0.497 e. The van der Waals surface area contributed by atoms with Crippen LogP contribution < -0.4 is 4.74 Å². The first kappa shape index (κ1) is 13.1. The van der Waals surface area contributed by atoms with Gasteiger partial charge in [-0.25, -0.2) is 0 Å². The van der Waals surface area contributed by atoms with Crippen molar-refractivity contribution in [1.29, 1.82) is 0 Å². The molecule has 0 amide bonds. The molecule has 2 nitrogen and oxygen atoms in total. The molecule has 2 aromatic carbocycles. The summed E-state index contributed by atoms with van der Waals surface area (Å²) in [6, 6.07) is 16.5. The molecular weight excluding hydrogens is 268 g/mol. The summed E-state index contributed by atoms with van der Waals surface area (Å²) in [4.78, 5) is 1.37. The maximum Gasteiger partial charge on any atom is 0.154 e. The van der Waals surface area contributed by atoms with Crippen molar-refractivity contribution < 1.29 is 9.15 Å². The molecule has 20 heavy (non-hydrogen) atoms. The normalized spacial score (nSPS) is 11.2. The van der Waals surface area contributed by atoms with Crippen LogP contribution in [0.25, 0.3) is 22.3 Å². The molecule has 0 atom stereocenters. The van der Waals surface area contributed by atoms with Gasteiger partial charge in [-0.05, 0) is 42.5 Å². The molecule has 1 aromatic heterocycles. The van der Waals surface area contributed by atoms with Crippen LogP contribution in [0.2, 0.25) is 0 Å². The average Bonchev–Trinajstić information content (AvgIpc) is 2.90. The predicted octanol–water partition coefficient (Wildman–Crippen LogP) is 4.35. The number of benzene rings is 2. The third kappa shape index (κ3) is 2.41. The number of hydrogen-bond acceptors (Lipinski definition) is 2. The lowest BCUT2D eigenvalue weighted by atomic mass is 10.1. The molecule has 3 heteroatoms. The molecule has 0 saturated heterocycles. The van der Waals surface area contributed by atoms with Crippen molar-refractivity contribution in [3.63, 3.8) is 0 Å². The Morgan fingerprint density at radius 2 is 1.70 bits per heavy atom. The number of furan rings is 1. The lowest BCUT2D eigenvalue weighted by Gasteiger charge is -1.99. The van der Waals surface area contributed by atoms with Crippen LogP contribution in [0.5, 0.6) is 5.75 Å². The average molecular weight is 285 g/mol. The Morgan fingerprint density at radius 3 is 2.35 bits per heavy atom. The van der Waals surface area contributed by atoms with Gasteiger partial charge in [-0.2, -0.15) is 0 Å². The summed E-state index contributed by atoms with van der Waals surface area (Å²) in [5.41, 5.74) is 1.96. The van der Waals surface area contributed by atoms with Gasteiger partial charge < -0.3 is 9.15 Å². The van der Waals surface area contributed by atoms with E-state index in [-0.39, 0.29) is 0 Å². The minimum atomic E-state index is 0.290. The Morgan fingerprint density at radius 1 is 0.950 bits per heavy atom. The summed E-state index contributed by atoms with van der Waals surface area (Å²) >= 11 is 0. The second-order valence-corrected chi connectivity index (χ2v) is 6.96. The van der Waals surface area contributed by atoms with Crippen LogP contribution >= 0.6 is 0 Å². The largest absolute Gasteiger partial charge is 0.497 e. The zero-order valence-electron chi connectivity index (χ0n) is 11.8. The minimum absolute atomic E-state index is 0.290. The van der Waals surface area contributed by atoms with Gasteiger partial charge in [0.25, 0.3) is 0 Å². The van der Waals surface area contributed by atoms with Crippen LogP contribution in [0, 0.1) is 0 Å². The maximum absolute atomic E-state index is 5.92. The van der Waals surface area contributed by atoms with Gasteiger partial charge in [-0.3, -0.25) is 0 Å². The second kappa shape index (κ2) is 5.25. The zero-order valence-corrected chi connectivity index (χ0v) is 12.7. The van der Waals surface area contributed by atoms with Gasteiger partial charge >= 0.3 is 0 Å². The van der Waals surface area contributed by atoms with Crippen LogP contribution in [0.15, 0.2) is 57.8 Å². The van der Waals surface area contributed by atoms with Gasteiger partial charge in [0.2, 0.25) is 0 Å². The highest BCUT2D eigenvalue weighted by Crippen LogP contribution is 2.30. The number of fused-ring (bicyclic) bond motifs is 1. The molecule has 3 aromatic rings. The van der Waals surface area contributed by atoms with Crippen molar-refractivity contribution in [2.45, 2.75) is 4.90 Å². The lowest BCUT2D eigenvalue weighted by molar-refractivity contribution is 0.414. The van der Waals surface area contributed by atoms with Crippen molar-refractivity contribution >= 4 is 21.9 Å². The van der Waals surface area contributed by atoms with Crippen molar-refractivity contribution in [3.8, 4) is 17.1 Å². The Bertz CT molecular complexity index is 726. The molecule has 0 aliphatic heterocycles. The van der Waals surface area contributed by atoms with Crippen LogP contribution in [0.4, 0.5) is 0 Å². The van der Waals surface area contributed by atoms with Crippen molar-refractivity contribution in [1.82, 2.24) is 0 Å². The van der Waals surface area contributed by atoms with Gasteiger partial charge in [-0.15, -0.1) is 0 Å². The fourth-order valence-electron chi connectivity index (χ4n) is 2.17. The number of hydrogen-bond donors (Lipinski definition) is 0. The first-order valence-electron chi connectivity index (χ1n) is 6.43. The molecule has 3 rings (SSSR count). The molecule has 0 aliphatic carbocycles. The summed E-state index contributed by atoms with van der Waals surface area (Å²) in [5, 5.41) is 1.09. The molecule has 0 aliphatic rings. The highest BCUT2D eigenvalue weighted by molar-refractivity contribution is 7.95. The van der Waals surface area contributed by atoms with E-state index < -0.39 is 0 Å². The first-order valence-corrected chi connectivity index (χ1v) is 8.47. The van der Waals surface area contributed by atoms with Crippen LogP contribution in [0.3, 0.4) is 0 Å². The summed E-state index contributed by atoms with van der Waals surface area (Å²) < 4.78 is 11.1. The van der Waals surface area contributed by atoms with E-state index in [1.165, 1.54) is 4.90 Å². The predicted molar refractivity (Wildman–Crippen MR) is 85.7 cm³/mol. The fourth-order valence-corrected chi connectivity index (χ4v) is 2.85. The summed E-state index contributed by atoms with van der Waals surface area (Å²) in [7, 11) is 1.95. The quantitative estimate of drug-likeness (QED) is 0.668. The Kier molecular flexibility index (Phi) is 3.45. The molecule has 1 heterocycles. The van der Waals surface area contributed by atoms with Crippen LogP contribution in [-0.4, -0.2) is 19.6 Å². The van der Waals surface area contributed by atoms with Crippen molar-refractivity contribution in [2.24, 2.45) is 0 Å². The highest BCUT2D eigenvalue weighted by Gasteiger charge is 2.10. The summed E-state index contributed by atoms with van der Waals surface area (Å²) in [5.74, 6) is 1.71. The van der Waals surface area contributed by atoms with Crippen LogP contribution in [-0.2, 0) is 10.9 Å². The zero-order chi connectivity index (χ0) is 14.1. The monoisotopic (exact) mass is 285 g/mol. The van der Waals surface area contributed by atoms with E-state index >= 15 is 0 Å². The van der Waals surface area contributed by atoms with Gasteiger partial charge in [0.05, 0.1) is 7.11 Å². The van der Waals surface area contributed by atoms with Crippen LogP contribution in [0.1, 0.15) is 0 Å². The second-order valence-electron chi connectivity index (χ2n) is 4.86. The van der Waals surface area contributed by atoms with Gasteiger partial charge in [0, 0.05) is 27.9 Å². The first-order chi connectivity index (χ1) is 9.67. The Hall–Kier alpha value is -1.87. The smallest absolute Gasteiger partial charge is 0.154 e. The van der Waals surface area contributed by atoms with E-state index in [1.807, 2.05) is 18.2 Å². The Balaban J connectivity index is 2.01. The number of rotatable bonds is 3. The molecule has 0 spiro atoms. The van der Waals surface area contributed by atoms with E-state index in [1.54, 1.807) is 7.11 Å². The number of ether oxygens (including phenoxy) is 1. The van der Waals surface area contributed by atoms with Crippen molar-refractivity contribution in [2.75, 3.05) is 19.6 Å². The van der Waals surface area contributed by atoms with E-state index in [2.05, 4.69) is 42.8 Å². The van der Waals surface area contributed by atoms with E-state index in [4.69, 9.17) is 9.15 Å². The third-order valence-corrected chi connectivity index (χ3v) is 4.55. The number of methoxy groups -OCH3 is 1. The Labute approximate surface area is 121 Å². The van der Waals surface area contributed by atoms with Gasteiger partial charge in [0.15, 0.2) is 4.90 Å². The molecule has 0 N–H and O–H groups in total. The summed E-state index contributed by atoms with van der Waals surface area (Å²) in [6.07, 6.45) is 4.45.